The number of hydrogen-bond acceptors (Lipinski definition) is 7. The lowest BCUT2D eigenvalue weighted by Crippen LogP contribution is -2.42. The van der Waals surface area contributed by atoms with Crippen LogP contribution >= 0.6 is 0 Å². The lowest BCUT2D eigenvalue weighted by Gasteiger charge is -2.31. The zero-order valence-corrected chi connectivity index (χ0v) is 18.1. The summed E-state index contributed by atoms with van der Waals surface area (Å²) in [7, 11) is 0. The van der Waals surface area contributed by atoms with Crippen molar-refractivity contribution >= 4 is 17.6 Å². The average molecular weight is 443 g/mol. The van der Waals surface area contributed by atoms with Gasteiger partial charge in [0.2, 0.25) is 17.6 Å². The minimum Gasteiger partial charge on any atom is -0.485 e. The fourth-order valence-corrected chi connectivity index (χ4v) is 3.78. The first-order valence-corrected chi connectivity index (χ1v) is 11.2. The molecule has 1 aliphatic heterocycles. The van der Waals surface area contributed by atoms with E-state index >= 15 is 0 Å². The lowest BCUT2D eigenvalue weighted by molar-refractivity contribution is -0.123. The third kappa shape index (κ3) is 6.43. The molecule has 1 unspecified atom stereocenters. The Bertz CT molecular complexity index is 911. The summed E-state index contributed by atoms with van der Waals surface area (Å²) in [6.07, 6.45) is 4.89. The van der Waals surface area contributed by atoms with Crippen LogP contribution in [0, 0.1) is 5.92 Å². The molecule has 0 bridgehead atoms. The zero-order chi connectivity index (χ0) is 22.3. The highest BCUT2D eigenvalue weighted by Gasteiger charge is 2.29. The molecule has 1 aromatic heterocycles. The molecule has 1 atom stereocenters. The number of rotatable bonds is 10. The monoisotopic (exact) mass is 442 g/mol. The Hall–Kier alpha value is -3.14. The van der Waals surface area contributed by atoms with Crippen LogP contribution in [0.5, 0.6) is 5.75 Å². The SMILES string of the molecule is NC(=O)C1CCCN(CCCNC(=O)Nc2ccc(OCc3noc(C4CC4)n3)cc2)C1. The fraction of sp³-hybridized carbons (Fsp3) is 0.545. The molecule has 32 heavy (non-hydrogen) atoms. The number of carbonyl (C=O) groups excluding carboxylic acids is 2. The number of carbonyl (C=O) groups is 2. The maximum absolute atomic E-state index is 12.1. The number of anilines is 1. The molecule has 0 spiro atoms. The summed E-state index contributed by atoms with van der Waals surface area (Å²) < 4.78 is 10.9. The van der Waals surface area contributed by atoms with Crippen LogP contribution in [0.1, 0.15) is 49.7 Å². The van der Waals surface area contributed by atoms with Gasteiger partial charge in [-0.1, -0.05) is 5.16 Å². The quantitative estimate of drug-likeness (QED) is 0.480. The lowest BCUT2D eigenvalue weighted by atomic mass is 9.97. The minimum absolute atomic E-state index is 0.0561. The molecule has 4 N–H and O–H groups in total. The van der Waals surface area contributed by atoms with Gasteiger partial charge >= 0.3 is 6.03 Å². The van der Waals surface area contributed by atoms with Gasteiger partial charge in [0.15, 0.2) is 6.61 Å². The number of aromatic nitrogens is 2. The van der Waals surface area contributed by atoms with Gasteiger partial charge in [-0.3, -0.25) is 4.79 Å². The Kier molecular flexibility index (Phi) is 7.21. The normalized spacial score (nSPS) is 18.8. The van der Waals surface area contributed by atoms with E-state index in [-0.39, 0.29) is 24.5 Å². The molecule has 2 aliphatic rings. The topological polar surface area (TPSA) is 136 Å². The molecule has 4 rings (SSSR count). The highest BCUT2D eigenvalue weighted by atomic mass is 16.5. The maximum atomic E-state index is 12.1. The molecule has 2 fully saturated rings. The van der Waals surface area contributed by atoms with Crippen molar-refractivity contribution in [2.75, 3.05) is 31.5 Å². The standard InChI is InChI=1S/C22H30N6O4/c23-20(29)16-3-1-11-28(13-16)12-2-10-24-22(30)25-17-6-8-18(9-7-17)31-14-19-26-21(32-27-19)15-4-5-15/h6-9,15-16H,1-5,10-14H2,(H2,23,29)(H2,24,25,30). The largest absolute Gasteiger partial charge is 0.485 e. The van der Waals surface area contributed by atoms with E-state index in [0.29, 0.717) is 42.2 Å². The van der Waals surface area contributed by atoms with Gasteiger partial charge in [0.05, 0.1) is 5.92 Å². The van der Waals surface area contributed by atoms with Gasteiger partial charge in [-0.2, -0.15) is 4.98 Å². The van der Waals surface area contributed by atoms with Gasteiger partial charge in [-0.05, 0) is 69.5 Å². The number of ether oxygens (including phenoxy) is 1. The van der Waals surface area contributed by atoms with Crippen LogP contribution in [-0.2, 0) is 11.4 Å². The Balaban J connectivity index is 1.12. The molecule has 1 saturated heterocycles. The Morgan fingerprint density at radius 2 is 2.03 bits per heavy atom. The van der Waals surface area contributed by atoms with E-state index in [4.69, 9.17) is 15.0 Å². The van der Waals surface area contributed by atoms with E-state index in [0.717, 1.165) is 45.2 Å². The van der Waals surface area contributed by atoms with E-state index in [9.17, 15) is 9.59 Å². The Labute approximate surface area is 186 Å². The molecule has 2 heterocycles. The number of primary amides is 1. The third-order valence-corrected chi connectivity index (χ3v) is 5.74. The van der Waals surface area contributed by atoms with Gasteiger partial charge < -0.3 is 30.5 Å². The summed E-state index contributed by atoms with van der Waals surface area (Å²) in [5.74, 6) is 2.03. The fourth-order valence-electron chi connectivity index (χ4n) is 3.78. The molecule has 10 heteroatoms. The van der Waals surface area contributed by atoms with Crippen LogP contribution in [0.15, 0.2) is 28.8 Å². The van der Waals surface area contributed by atoms with E-state index in [1.54, 1.807) is 24.3 Å². The summed E-state index contributed by atoms with van der Waals surface area (Å²) >= 11 is 0. The number of nitrogens with zero attached hydrogens (tertiary/aromatic N) is 3. The Morgan fingerprint density at radius 3 is 2.78 bits per heavy atom. The van der Waals surface area contributed by atoms with Gasteiger partial charge in [0, 0.05) is 24.7 Å². The number of piperidine rings is 1. The molecular formula is C22H30N6O4. The molecule has 1 aliphatic carbocycles. The summed E-state index contributed by atoms with van der Waals surface area (Å²) in [5.41, 5.74) is 6.09. The van der Waals surface area contributed by atoms with Crippen molar-refractivity contribution in [1.29, 1.82) is 0 Å². The highest BCUT2D eigenvalue weighted by Crippen LogP contribution is 2.38. The van der Waals surface area contributed by atoms with Crippen molar-refractivity contribution in [2.24, 2.45) is 11.7 Å². The molecule has 3 amide bonds. The second-order valence-electron chi connectivity index (χ2n) is 8.41. The average Bonchev–Trinajstić information content (AvgIpc) is 3.54. The number of nitrogens with one attached hydrogen (secondary N) is 2. The van der Waals surface area contributed by atoms with E-state index in [1.807, 2.05) is 0 Å². The maximum Gasteiger partial charge on any atom is 0.319 e. The van der Waals surface area contributed by atoms with Gasteiger partial charge in [0.1, 0.15) is 5.75 Å². The van der Waals surface area contributed by atoms with Crippen molar-refractivity contribution in [3.63, 3.8) is 0 Å². The van der Waals surface area contributed by atoms with Gasteiger partial charge in [-0.25, -0.2) is 4.79 Å². The van der Waals surface area contributed by atoms with Crippen LogP contribution in [0.3, 0.4) is 0 Å². The van der Waals surface area contributed by atoms with Crippen LogP contribution in [0.4, 0.5) is 10.5 Å². The number of amides is 3. The number of urea groups is 1. The van der Waals surface area contributed by atoms with Crippen molar-refractivity contribution in [3.05, 3.63) is 36.0 Å². The summed E-state index contributed by atoms with van der Waals surface area (Å²) in [5, 5.41) is 9.59. The predicted molar refractivity (Wildman–Crippen MR) is 117 cm³/mol. The molecule has 0 radical (unpaired) electrons. The van der Waals surface area contributed by atoms with Crippen molar-refractivity contribution < 1.29 is 18.8 Å². The molecular weight excluding hydrogens is 412 g/mol. The summed E-state index contributed by atoms with van der Waals surface area (Å²) in [6, 6.07) is 6.86. The van der Waals surface area contributed by atoms with E-state index in [2.05, 4.69) is 25.7 Å². The molecule has 1 saturated carbocycles. The smallest absolute Gasteiger partial charge is 0.319 e. The second-order valence-corrected chi connectivity index (χ2v) is 8.41. The first-order valence-electron chi connectivity index (χ1n) is 11.2. The molecule has 1 aromatic carbocycles. The molecule has 172 valence electrons. The van der Waals surface area contributed by atoms with Crippen molar-refractivity contribution in [2.45, 2.75) is 44.6 Å². The van der Waals surface area contributed by atoms with Crippen molar-refractivity contribution in [1.82, 2.24) is 20.4 Å². The number of benzene rings is 1. The van der Waals surface area contributed by atoms with Gasteiger partial charge in [0.25, 0.3) is 0 Å². The van der Waals surface area contributed by atoms with Crippen LogP contribution < -0.4 is 21.1 Å². The van der Waals surface area contributed by atoms with E-state index < -0.39 is 0 Å². The van der Waals surface area contributed by atoms with Crippen LogP contribution in [0.2, 0.25) is 0 Å². The minimum atomic E-state index is -0.258. The first-order chi connectivity index (χ1) is 15.6. The first kappa shape index (κ1) is 22.1. The third-order valence-electron chi connectivity index (χ3n) is 5.74. The van der Waals surface area contributed by atoms with Crippen molar-refractivity contribution in [3.8, 4) is 5.75 Å². The van der Waals surface area contributed by atoms with E-state index in [1.165, 1.54) is 0 Å². The summed E-state index contributed by atoms with van der Waals surface area (Å²) in [6.45, 7) is 3.31. The van der Waals surface area contributed by atoms with Crippen LogP contribution in [-0.4, -0.2) is 53.2 Å². The predicted octanol–water partition coefficient (Wildman–Crippen LogP) is 2.23. The molecule has 2 aromatic rings. The summed E-state index contributed by atoms with van der Waals surface area (Å²) in [4.78, 5) is 30.0. The zero-order valence-electron chi connectivity index (χ0n) is 18.1. The number of likely N-dealkylation sites (tertiary alicyclic amines) is 1. The van der Waals surface area contributed by atoms with Crippen LogP contribution in [0.25, 0.3) is 0 Å². The number of hydrogen-bond donors (Lipinski definition) is 3. The number of nitrogens with two attached hydrogens (primary N) is 1. The Morgan fingerprint density at radius 1 is 1.22 bits per heavy atom. The highest BCUT2D eigenvalue weighted by molar-refractivity contribution is 5.89. The van der Waals surface area contributed by atoms with Gasteiger partial charge in [-0.15, -0.1) is 0 Å². The second kappa shape index (κ2) is 10.4. The molecule has 10 nitrogen and oxygen atoms in total.